The molecule has 0 radical (unpaired) electrons. The lowest BCUT2D eigenvalue weighted by molar-refractivity contribution is 0.0519. The first-order chi connectivity index (χ1) is 13.5. The number of hydrogen-bond donors (Lipinski definition) is 1. The molecular weight excluding hydrogens is 382 g/mol. The molecule has 0 spiro atoms. The van der Waals surface area contributed by atoms with E-state index in [2.05, 4.69) is 32.1 Å². The summed E-state index contributed by atoms with van der Waals surface area (Å²) in [6, 6.07) is 7.27. The maximum absolute atomic E-state index is 11.9. The zero-order chi connectivity index (χ0) is 20.1. The Kier molecular flexibility index (Phi) is 6.53. The lowest BCUT2D eigenvalue weighted by atomic mass is 10.2. The quantitative estimate of drug-likeness (QED) is 0.580. The Morgan fingerprint density at radius 3 is 2.64 bits per heavy atom. The zero-order valence-corrected chi connectivity index (χ0v) is 17.0. The molecule has 1 saturated heterocycles. The van der Waals surface area contributed by atoms with E-state index in [-0.39, 0.29) is 23.4 Å². The lowest BCUT2D eigenvalue weighted by Gasteiger charge is -2.34. The summed E-state index contributed by atoms with van der Waals surface area (Å²) in [6.07, 6.45) is 0. The first kappa shape index (κ1) is 20.2. The van der Waals surface area contributed by atoms with Gasteiger partial charge in [-0.05, 0) is 26.1 Å². The normalized spacial score (nSPS) is 14.6. The number of rotatable bonds is 6. The van der Waals surface area contributed by atoms with Gasteiger partial charge in [-0.2, -0.15) is 0 Å². The summed E-state index contributed by atoms with van der Waals surface area (Å²) in [5.41, 5.74) is 1.87. The van der Waals surface area contributed by atoms with E-state index in [1.807, 2.05) is 18.2 Å². The Morgan fingerprint density at radius 2 is 1.96 bits per heavy atom. The second-order valence-electron chi connectivity index (χ2n) is 6.42. The van der Waals surface area contributed by atoms with Crippen LogP contribution in [0.15, 0.2) is 24.3 Å². The number of likely N-dealkylation sites (N-methyl/N-ethyl adjacent to an activating group) is 1. The van der Waals surface area contributed by atoms with Crippen LogP contribution < -0.4 is 15.0 Å². The molecule has 1 aromatic carbocycles. The SMILES string of the molecule is CCOC(=O)c1cc(Cl)nc(Nc2ccc(N3CCN(C)CC3)cc2OC)n1. The average molecular weight is 406 g/mol. The highest BCUT2D eigenvalue weighted by atomic mass is 35.5. The number of carbonyl (C=O) groups is 1. The summed E-state index contributed by atoms with van der Waals surface area (Å²) < 4.78 is 10.5. The summed E-state index contributed by atoms with van der Waals surface area (Å²) in [6.45, 7) is 5.96. The maximum Gasteiger partial charge on any atom is 0.357 e. The van der Waals surface area contributed by atoms with E-state index in [1.165, 1.54) is 6.07 Å². The fourth-order valence-electron chi connectivity index (χ4n) is 2.95. The second-order valence-corrected chi connectivity index (χ2v) is 6.81. The zero-order valence-electron chi connectivity index (χ0n) is 16.2. The number of nitrogens with zero attached hydrogens (tertiary/aromatic N) is 4. The number of ether oxygens (including phenoxy) is 2. The molecule has 0 bridgehead atoms. The molecule has 3 rings (SSSR count). The maximum atomic E-state index is 11.9. The molecule has 0 saturated carbocycles. The Labute approximate surface area is 169 Å². The molecule has 9 heteroatoms. The monoisotopic (exact) mass is 405 g/mol. The molecule has 1 aliphatic heterocycles. The Bertz CT molecular complexity index is 840. The minimum Gasteiger partial charge on any atom is -0.494 e. The van der Waals surface area contributed by atoms with Crippen LogP contribution in [0, 0.1) is 0 Å². The van der Waals surface area contributed by atoms with Gasteiger partial charge in [-0.3, -0.25) is 0 Å². The van der Waals surface area contributed by atoms with Gasteiger partial charge >= 0.3 is 5.97 Å². The summed E-state index contributed by atoms with van der Waals surface area (Å²) in [4.78, 5) is 24.9. The van der Waals surface area contributed by atoms with Crippen LogP contribution in [0.25, 0.3) is 0 Å². The van der Waals surface area contributed by atoms with Gasteiger partial charge < -0.3 is 24.6 Å². The van der Waals surface area contributed by atoms with Crippen LogP contribution in [0.1, 0.15) is 17.4 Å². The van der Waals surface area contributed by atoms with E-state index >= 15 is 0 Å². The van der Waals surface area contributed by atoms with Crippen molar-refractivity contribution in [3.05, 3.63) is 35.1 Å². The molecule has 1 aliphatic rings. The summed E-state index contributed by atoms with van der Waals surface area (Å²) in [7, 11) is 3.73. The largest absolute Gasteiger partial charge is 0.494 e. The highest BCUT2D eigenvalue weighted by Crippen LogP contribution is 2.32. The van der Waals surface area contributed by atoms with E-state index in [0.29, 0.717) is 11.4 Å². The number of anilines is 3. The highest BCUT2D eigenvalue weighted by Gasteiger charge is 2.17. The van der Waals surface area contributed by atoms with Crippen LogP contribution in [-0.2, 0) is 4.74 Å². The third-order valence-corrected chi connectivity index (χ3v) is 4.67. The van der Waals surface area contributed by atoms with Gasteiger partial charge in [-0.1, -0.05) is 11.6 Å². The molecule has 2 heterocycles. The summed E-state index contributed by atoms with van der Waals surface area (Å²) in [5.74, 6) is 0.297. The minimum absolute atomic E-state index is 0.0948. The Morgan fingerprint density at radius 1 is 1.21 bits per heavy atom. The number of carbonyl (C=O) groups excluding carboxylic acids is 1. The van der Waals surface area contributed by atoms with Crippen molar-refractivity contribution in [3.63, 3.8) is 0 Å². The highest BCUT2D eigenvalue weighted by molar-refractivity contribution is 6.29. The molecule has 0 amide bonds. The lowest BCUT2D eigenvalue weighted by Crippen LogP contribution is -2.44. The molecule has 1 N–H and O–H groups in total. The number of nitrogens with one attached hydrogen (secondary N) is 1. The van der Waals surface area contributed by atoms with E-state index in [9.17, 15) is 4.79 Å². The van der Waals surface area contributed by atoms with Gasteiger partial charge in [0.2, 0.25) is 5.95 Å². The van der Waals surface area contributed by atoms with Crippen molar-refractivity contribution in [2.45, 2.75) is 6.92 Å². The first-order valence-corrected chi connectivity index (χ1v) is 9.48. The smallest absolute Gasteiger partial charge is 0.357 e. The van der Waals surface area contributed by atoms with Crippen molar-refractivity contribution in [3.8, 4) is 5.75 Å². The molecule has 2 aromatic rings. The van der Waals surface area contributed by atoms with Gasteiger partial charge in [-0.15, -0.1) is 0 Å². The Balaban J connectivity index is 1.81. The molecule has 1 aromatic heterocycles. The van der Waals surface area contributed by atoms with Crippen molar-refractivity contribution in [2.24, 2.45) is 0 Å². The van der Waals surface area contributed by atoms with Crippen LogP contribution >= 0.6 is 11.6 Å². The summed E-state index contributed by atoms with van der Waals surface area (Å²) >= 11 is 6.03. The van der Waals surface area contributed by atoms with Crippen LogP contribution in [0.2, 0.25) is 5.15 Å². The number of halogens is 1. The van der Waals surface area contributed by atoms with Crippen molar-refractivity contribution in [1.29, 1.82) is 0 Å². The number of aromatic nitrogens is 2. The topological polar surface area (TPSA) is 79.8 Å². The third-order valence-electron chi connectivity index (χ3n) is 4.48. The van der Waals surface area contributed by atoms with Gasteiger partial charge in [0, 0.05) is 44.0 Å². The number of piperazine rings is 1. The van der Waals surface area contributed by atoms with Gasteiger partial charge in [0.15, 0.2) is 5.69 Å². The number of methoxy groups -OCH3 is 1. The predicted octanol–water partition coefficient (Wildman–Crippen LogP) is 2.81. The average Bonchev–Trinajstić information content (AvgIpc) is 2.68. The van der Waals surface area contributed by atoms with Crippen LogP contribution in [0.5, 0.6) is 5.75 Å². The number of hydrogen-bond acceptors (Lipinski definition) is 8. The molecule has 150 valence electrons. The molecule has 0 aliphatic carbocycles. The van der Waals surface area contributed by atoms with Gasteiger partial charge in [0.25, 0.3) is 0 Å². The van der Waals surface area contributed by atoms with E-state index in [0.717, 1.165) is 31.9 Å². The van der Waals surface area contributed by atoms with Gasteiger partial charge in [0.1, 0.15) is 10.9 Å². The fourth-order valence-corrected chi connectivity index (χ4v) is 3.13. The van der Waals surface area contributed by atoms with E-state index in [1.54, 1.807) is 14.0 Å². The molecule has 0 atom stereocenters. The van der Waals surface area contributed by atoms with E-state index in [4.69, 9.17) is 21.1 Å². The summed E-state index contributed by atoms with van der Waals surface area (Å²) in [5, 5.41) is 3.22. The first-order valence-electron chi connectivity index (χ1n) is 9.10. The van der Waals surface area contributed by atoms with E-state index < -0.39 is 5.97 Å². The van der Waals surface area contributed by atoms with Crippen LogP contribution in [0.4, 0.5) is 17.3 Å². The van der Waals surface area contributed by atoms with Gasteiger partial charge in [0.05, 0.1) is 19.4 Å². The number of esters is 1. The molecule has 1 fully saturated rings. The minimum atomic E-state index is -0.549. The predicted molar refractivity (Wildman–Crippen MR) is 109 cm³/mol. The van der Waals surface area contributed by atoms with Crippen molar-refractivity contribution in [1.82, 2.24) is 14.9 Å². The van der Waals surface area contributed by atoms with Crippen molar-refractivity contribution < 1.29 is 14.3 Å². The molecule has 8 nitrogen and oxygen atoms in total. The van der Waals surface area contributed by atoms with Crippen molar-refractivity contribution in [2.75, 3.05) is 57.2 Å². The van der Waals surface area contributed by atoms with Crippen LogP contribution in [0.3, 0.4) is 0 Å². The Hall–Kier alpha value is -2.58. The number of benzene rings is 1. The second kappa shape index (κ2) is 9.07. The van der Waals surface area contributed by atoms with Gasteiger partial charge in [-0.25, -0.2) is 14.8 Å². The standard InChI is InChI=1S/C19H24ClN5O3/c1-4-28-18(26)15-12-17(20)23-19(22-15)21-14-6-5-13(11-16(14)27-3)25-9-7-24(2)8-10-25/h5-6,11-12H,4,7-10H2,1-3H3,(H,21,22,23). The molecular formula is C19H24ClN5O3. The van der Waals surface area contributed by atoms with Crippen LogP contribution in [-0.4, -0.2) is 67.8 Å². The van der Waals surface area contributed by atoms with Crippen molar-refractivity contribution >= 4 is 34.9 Å². The molecule has 28 heavy (non-hydrogen) atoms. The molecule has 0 unspecified atom stereocenters. The fraction of sp³-hybridized carbons (Fsp3) is 0.421. The third kappa shape index (κ3) is 4.82.